The van der Waals surface area contributed by atoms with Crippen LogP contribution >= 0.6 is 0 Å². The molecule has 0 aromatic rings. The zero-order valence-corrected chi connectivity index (χ0v) is 9.52. The van der Waals surface area contributed by atoms with E-state index in [1.54, 1.807) is 13.8 Å². The summed E-state index contributed by atoms with van der Waals surface area (Å²) in [4.78, 5) is 34.5. The summed E-state index contributed by atoms with van der Waals surface area (Å²) in [7, 11) is 0. The summed E-state index contributed by atoms with van der Waals surface area (Å²) in [5.74, 6) is -2.99. The first kappa shape index (κ1) is 12.7. The Labute approximate surface area is 94.1 Å². The highest BCUT2D eigenvalue weighted by Gasteiger charge is 2.43. The molecule has 0 bridgehead atoms. The van der Waals surface area contributed by atoms with Crippen molar-refractivity contribution in [3.8, 4) is 0 Å². The molecular weight excluding hydrogens is 212 g/mol. The SMILES string of the molecule is CCOC(=O)[C@H]1CC[C@@H](C(=O)OCC)C1=O. The van der Waals surface area contributed by atoms with Gasteiger partial charge in [-0.15, -0.1) is 0 Å². The van der Waals surface area contributed by atoms with Gasteiger partial charge in [0, 0.05) is 0 Å². The third kappa shape index (κ3) is 2.59. The van der Waals surface area contributed by atoms with E-state index in [0.29, 0.717) is 12.8 Å². The number of ether oxygens (including phenoxy) is 2. The molecule has 0 aromatic heterocycles. The summed E-state index contributed by atoms with van der Waals surface area (Å²) in [6.07, 6.45) is 0.752. The molecule has 0 unspecified atom stereocenters. The molecule has 1 saturated carbocycles. The van der Waals surface area contributed by atoms with E-state index in [9.17, 15) is 14.4 Å². The topological polar surface area (TPSA) is 69.7 Å². The quantitative estimate of drug-likeness (QED) is 0.523. The van der Waals surface area contributed by atoms with Crippen molar-refractivity contribution >= 4 is 17.7 Å². The van der Waals surface area contributed by atoms with Crippen molar-refractivity contribution in [3.05, 3.63) is 0 Å². The van der Waals surface area contributed by atoms with Crippen molar-refractivity contribution in [2.45, 2.75) is 26.7 Å². The fraction of sp³-hybridized carbons (Fsp3) is 0.727. The third-order valence-corrected chi connectivity index (χ3v) is 2.57. The summed E-state index contributed by atoms with van der Waals surface area (Å²) in [5.41, 5.74) is 0. The molecule has 0 spiro atoms. The zero-order chi connectivity index (χ0) is 12.1. The summed E-state index contributed by atoms with van der Waals surface area (Å²) in [6.45, 7) is 3.85. The standard InChI is InChI=1S/C11H16O5/c1-3-15-10(13)7-5-6-8(9(7)12)11(14)16-4-2/h7-8H,3-6H2,1-2H3/t7-,8+. The molecule has 1 rings (SSSR count). The number of carbonyl (C=O) groups excluding carboxylic acids is 3. The summed E-state index contributed by atoms with van der Waals surface area (Å²) in [5, 5.41) is 0. The second kappa shape index (κ2) is 5.63. The Hall–Kier alpha value is -1.39. The Morgan fingerprint density at radius 2 is 1.44 bits per heavy atom. The normalized spacial score (nSPS) is 24.2. The molecule has 0 aliphatic heterocycles. The van der Waals surface area contributed by atoms with Gasteiger partial charge in [0.15, 0.2) is 5.78 Å². The van der Waals surface area contributed by atoms with Crippen molar-refractivity contribution < 1.29 is 23.9 Å². The van der Waals surface area contributed by atoms with E-state index in [4.69, 9.17) is 9.47 Å². The van der Waals surface area contributed by atoms with Crippen molar-refractivity contribution in [1.82, 2.24) is 0 Å². The van der Waals surface area contributed by atoms with Crippen molar-refractivity contribution in [3.63, 3.8) is 0 Å². The summed E-state index contributed by atoms with van der Waals surface area (Å²) >= 11 is 0. The molecule has 5 nitrogen and oxygen atoms in total. The van der Waals surface area contributed by atoms with Crippen LogP contribution in [-0.4, -0.2) is 30.9 Å². The molecule has 1 aliphatic rings. The van der Waals surface area contributed by atoms with Gasteiger partial charge in [-0.1, -0.05) is 0 Å². The van der Waals surface area contributed by atoms with E-state index in [2.05, 4.69) is 0 Å². The Balaban J connectivity index is 2.60. The highest BCUT2D eigenvalue weighted by atomic mass is 16.5. The molecule has 5 heteroatoms. The van der Waals surface area contributed by atoms with Crippen LogP contribution < -0.4 is 0 Å². The lowest BCUT2D eigenvalue weighted by Crippen LogP contribution is -2.28. The lowest BCUT2D eigenvalue weighted by atomic mass is 10.0. The second-order valence-electron chi connectivity index (χ2n) is 3.59. The van der Waals surface area contributed by atoms with E-state index >= 15 is 0 Å². The lowest BCUT2D eigenvalue weighted by Gasteiger charge is -2.09. The van der Waals surface area contributed by atoms with Gasteiger partial charge in [0.2, 0.25) is 0 Å². The van der Waals surface area contributed by atoms with Gasteiger partial charge in [-0.05, 0) is 26.7 Å². The minimum atomic E-state index is -0.783. The highest BCUT2D eigenvalue weighted by Crippen LogP contribution is 2.29. The lowest BCUT2D eigenvalue weighted by molar-refractivity contribution is -0.154. The molecule has 90 valence electrons. The second-order valence-corrected chi connectivity index (χ2v) is 3.59. The number of esters is 2. The molecule has 0 aromatic carbocycles. The Morgan fingerprint density at radius 3 is 1.75 bits per heavy atom. The van der Waals surface area contributed by atoms with Crippen LogP contribution in [0.1, 0.15) is 26.7 Å². The number of ketones is 1. The van der Waals surface area contributed by atoms with Gasteiger partial charge >= 0.3 is 11.9 Å². The first-order valence-electron chi connectivity index (χ1n) is 5.48. The monoisotopic (exact) mass is 228 g/mol. The predicted octanol–water partition coefficient (Wildman–Crippen LogP) is 0.708. The van der Waals surface area contributed by atoms with E-state index in [-0.39, 0.29) is 19.0 Å². The minimum absolute atomic E-state index is 0.243. The van der Waals surface area contributed by atoms with E-state index < -0.39 is 23.8 Å². The molecule has 0 amide bonds. The largest absolute Gasteiger partial charge is 0.465 e. The van der Waals surface area contributed by atoms with Crippen LogP contribution in [0.15, 0.2) is 0 Å². The van der Waals surface area contributed by atoms with Gasteiger partial charge in [-0.2, -0.15) is 0 Å². The fourth-order valence-corrected chi connectivity index (χ4v) is 1.81. The Bertz CT molecular complexity index is 269. The first-order chi connectivity index (χ1) is 7.61. The maximum atomic E-state index is 11.7. The van der Waals surface area contributed by atoms with Gasteiger partial charge in [0.25, 0.3) is 0 Å². The first-order valence-corrected chi connectivity index (χ1v) is 5.48. The number of hydrogen-bond acceptors (Lipinski definition) is 5. The average Bonchev–Trinajstić information content (AvgIpc) is 2.61. The maximum absolute atomic E-state index is 11.7. The smallest absolute Gasteiger partial charge is 0.316 e. The van der Waals surface area contributed by atoms with Crippen molar-refractivity contribution in [2.75, 3.05) is 13.2 Å². The molecular formula is C11H16O5. The number of rotatable bonds is 4. The number of carbonyl (C=O) groups is 3. The van der Waals surface area contributed by atoms with E-state index in [0.717, 1.165) is 0 Å². The zero-order valence-electron chi connectivity index (χ0n) is 9.52. The Kier molecular flexibility index (Phi) is 4.46. The molecule has 1 aliphatic carbocycles. The summed E-state index contributed by atoms with van der Waals surface area (Å²) in [6, 6.07) is 0. The van der Waals surface area contributed by atoms with Crippen LogP contribution in [0.2, 0.25) is 0 Å². The van der Waals surface area contributed by atoms with Crippen LogP contribution in [-0.2, 0) is 23.9 Å². The number of hydrogen-bond donors (Lipinski definition) is 0. The van der Waals surface area contributed by atoms with Gasteiger partial charge in [0.05, 0.1) is 13.2 Å². The summed E-state index contributed by atoms with van der Waals surface area (Å²) < 4.78 is 9.54. The molecule has 16 heavy (non-hydrogen) atoms. The number of Topliss-reactive ketones (excluding diaryl/α,β-unsaturated/α-hetero) is 1. The molecule has 0 radical (unpaired) electrons. The van der Waals surface area contributed by atoms with Gasteiger partial charge in [-0.3, -0.25) is 14.4 Å². The van der Waals surface area contributed by atoms with Gasteiger partial charge < -0.3 is 9.47 Å². The molecule has 0 saturated heterocycles. The van der Waals surface area contributed by atoms with Crippen LogP contribution in [0.25, 0.3) is 0 Å². The van der Waals surface area contributed by atoms with Crippen LogP contribution in [0.4, 0.5) is 0 Å². The van der Waals surface area contributed by atoms with Crippen molar-refractivity contribution in [1.29, 1.82) is 0 Å². The molecule has 0 heterocycles. The maximum Gasteiger partial charge on any atom is 0.316 e. The fourth-order valence-electron chi connectivity index (χ4n) is 1.81. The average molecular weight is 228 g/mol. The van der Waals surface area contributed by atoms with E-state index in [1.165, 1.54) is 0 Å². The van der Waals surface area contributed by atoms with Crippen LogP contribution in [0, 0.1) is 11.8 Å². The molecule has 1 fully saturated rings. The van der Waals surface area contributed by atoms with Gasteiger partial charge in [-0.25, -0.2) is 0 Å². The van der Waals surface area contributed by atoms with E-state index in [1.807, 2.05) is 0 Å². The highest BCUT2D eigenvalue weighted by molar-refractivity contribution is 6.09. The molecule has 0 N–H and O–H groups in total. The van der Waals surface area contributed by atoms with Crippen molar-refractivity contribution in [2.24, 2.45) is 11.8 Å². The van der Waals surface area contributed by atoms with Gasteiger partial charge in [0.1, 0.15) is 11.8 Å². The minimum Gasteiger partial charge on any atom is -0.465 e. The van der Waals surface area contributed by atoms with Crippen LogP contribution in [0.3, 0.4) is 0 Å². The van der Waals surface area contributed by atoms with Crippen LogP contribution in [0.5, 0.6) is 0 Å². The predicted molar refractivity (Wildman–Crippen MR) is 54.5 cm³/mol. The Morgan fingerprint density at radius 1 is 1.06 bits per heavy atom. The molecule has 2 atom stereocenters. The third-order valence-electron chi connectivity index (χ3n) is 2.57.